The second-order valence-electron chi connectivity index (χ2n) is 5.91. The number of aromatic nitrogens is 2. The van der Waals surface area contributed by atoms with Gasteiger partial charge in [0.1, 0.15) is 0 Å². The molecule has 142 valence electrons. The molecule has 0 amide bonds. The van der Waals surface area contributed by atoms with Crippen LogP contribution in [0.1, 0.15) is 11.7 Å². The summed E-state index contributed by atoms with van der Waals surface area (Å²) in [6.45, 7) is 6.22. The van der Waals surface area contributed by atoms with E-state index in [2.05, 4.69) is 36.3 Å². The van der Waals surface area contributed by atoms with Crippen LogP contribution in [0.2, 0.25) is 5.02 Å². The summed E-state index contributed by atoms with van der Waals surface area (Å²) in [4.78, 5) is 13.2. The summed E-state index contributed by atoms with van der Waals surface area (Å²) in [7, 11) is 1.81. The Hall–Kier alpha value is -1.55. The van der Waals surface area contributed by atoms with Crippen molar-refractivity contribution in [1.82, 2.24) is 20.4 Å². The Labute approximate surface area is 175 Å². The van der Waals surface area contributed by atoms with Crippen LogP contribution in [0.4, 0.5) is 5.69 Å². The summed E-state index contributed by atoms with van der Waals surface area (Å²) in [5, 5.41) is 7.94. The highest BCUT2D eigenvalue weighted by Gasteiger charge is 2.20. The first kappa shape index (κ1) is 20.8. The zero-order valence-corrected chi connectivity index (χ0v) is 18.1. The van der Waals surface area contributed by atoms with Crippen LogP contribution in [0, 0.1) is 6.92 Å². The van der Waals surface area contributed by atoms with Crippen molar-refractivity contribution in [3.05, 3.63) is 41.0 Å². The normalized spacial score (nSPS) is 15.0. The van der Waals surface area contributed by atoms with E-state index in [0.29, 0.717) is 24.7 Å². The van der Waals surface area contributed by atoms with E-state index < -0.39 is 0 Å². The molecule has 0 unspecified atom stereocenters. The van der Waals surface area contributed by atoms with Crippen molar-refractivity contribution in [3.8, 4) is 0 Å². The molecule has 0 aliphatic carbocycles. The third-order valence-corrected chi connectivity index (χ3v) is 4.39. The quantitative estimate of drug-likeness (QED) is 0.404. The van der Waals surface area contributed by atoms with E-state index in [-0.39, 0.29) is 24.0 Å². The average molecular weight is 491 g/mol. The van der Waals surface area contributed by atoms with Crippen molar-refractivity contribution in [1.29, 1.82) is 0 Å². The molecule has 1 N–H and O–H groups in total. The molecule has 1 aromatic carbocycles. The average Bonchev–Trinajstić information content (AvgIpc) is 3.04. The first-order chi connectivity index (χ1) is 12.2. The third-order valence-electron chi connectivity index (χ3n) is 4.16. The van der Waals surface area contributed by atoms with Crippen molar-refractivity contribution in [2.45, 2.75) is 13.3 Å². The number of benzene rings is 1. The predicted octanol–water partition coefficient (Wildman–Crippen LogP) is 2.59. The molecule has 1 aliphatic heterocycles. The molecule has 2 aromatic rings. The highest BCUT2D eigenvalue weighted by Crippen LogP contribution is 2.20. The highest BCUT2D eigenvalue weighted by molar-refractivity contribution is 14.0. The van der Waals surface area contributed by atoms with E-state index in [1.165, 1.54) is 5.69 Å². The lowest BCUT2D eigenvalue weighted by atomic mass is 10.2. The van der Waals surface area contributed by atoms with Crippen molar-refractivity contribution in [3.63, 3.8) is 0 Å². The van der Waals surface area contributed by atoms with Crippen LogP contribution in [0.25, 0.3) is 0 Å². The number of piperazine rings is 1. The molecule has 26 heavy (non-hydrogen) atoms. The molecule has 2 heterocycles. The minimum absolute atomic E-state index is 0. The molecule has 0 bridgehead atoms. The van der Waals surface area contributed by atoms with Crippen molar-refractivity contribution >= 4 is 47.2 Å². The molecular weight excluding hydrogens is 467 g/mol. The molecule has 0 radical (unpaired) electrons. The Kier molecular flexibility index (Phi) is 7.95. The van der Waals surface area contributed by atoms with Gasteiger partial charge in [0.15, 0.2) is 11.8 Å². The Morgan fingerprint density at radius 1 is 1.31 bits per heavy atom. The number of halogens is 2. The van der Waals surface area contributed by atoms with Crippen LogP contribution in [-0.2, 0) is 6.42 Å². The molecule has 1 saturated heterocycles. The van der Waals surface area contributed by atoms with Crippen molar-refractivity contribution in [2.24, 2.45) is 4.99 Å². The smallest absolute Gasteiger partial charge is 0.228 e. The lowest BCUT2D eigenvalue weighted by Gasteiger charge is -2.37. The fourth-order valence-corrected chi connectivity index (χ4v) is 3.09. The Bertz CT molecular complexity index is 730. The summed E-state index contributed by atoms with van der Waals surface area (Å²) >= 11 is 6.09. The Morgan fingerprint density at radius 3 is 2.69 bits per heavy atom. The molecule has 9 heteroatoms. The van der Waals surface area contributed by atoms with Gasteiger partial charge in [-0.15, -0.1) is 24.0 Å². The van der Waals surface area contributed by atoms with E-state index >= 15 is 0 Å². The Balaban J connectivity index is 0.00000243. The maximum absolute atomic E-state index is 6.09. The van der Waals surface area contributed by atoms with Gasteiger partial charge in [0.2, 0.25) is 5.89 Å². The third kappa shape index (κ3) is 5.47. The summed E-state index contributed by atoms with van der Waals surface area (Å²) in [5.41, 5.74) is 1.17. The van der Waals surface area contributed by atoms with Gasteiger partial charge in [0.25, 0.3) is 0 Å². The molecule has 1 aliphatic rings. The van der Waals surface area contributed by atoms with E-state index in [1.54, 1.807) is 0 Å². The first-order valence-electron chi connectivity index (χ1n) is 8.41. The fourth-order valence-electron chi connectivity index (χ4n) is 2.90. The van der Waals surface area contributed by atoms with E-state index in [0.717, 1.165) is 37.2 Å². The number of hydrogen-bond donors (Lipinski definition) is 1. The van der Waals surface area contributed by atoms with Gasteiger partial charge in [0, 0.05) is 56.9 Å². The van der Waals surface area contributed by atoms with Crippen LogP contribution >= 0.6 is 35.6 Å². The second kappa shape index (κ2) is 9.96. The maximum atomic E-state index is 6.09. The molecule has 7 nitrogen and oxygen atoms in total. The first-order valence-corrected chi connectivity index (χ1v) is 8.79. The number of hydrogen-bond acceptors (Lipinski definition) is 5. The summed E-state index contributed by atoms with van der Waals surface area (Å²) in [6.07, 6.45) is 0.683. The standard InChI is InChI=1S/C17H23ClN6O.HI/c1-13-21-16(25-22-13)6-7-20-17(19-2)24-10-8-23(9-11-24)15-5-3-4-14(18)12-15;/h3-5,12H,6-11H2,1-2H3,(H,19,20);1H. The summed E-state index contributed by atoms with van der Waals surface area (Å²) < 4.78 is 5.13. The maximum Gasteiger partial charge on any atom is 0.228 e. The van der Waals surface area contributed by atoms with Gasteiger partial charge >= 0.3 is 0 Å². The number of aliphatic imine (C=N–C) groups is 1. The van der Waals surface area contributed by atoms with Crippen molar-refractivity contribution in [2.75, 3.05) is 44.7 Å². The van der Waals surface area contributed by atoms with E-state index in [9.17, 15) is 0 Å². The molecule has 0 saturated carbocycles. The van der Waals surface area contributed by atoms with Crippen molar-refractivity contribution < 1.29 is 4.52 Å². The van der Waals surface area contributed by atoms with Crippen LogP contribution in [0.3, 0.4) is 0 Å². The number of rotatable bonds is 4. The fraction of sp³-hybridized carbons (Fsp3) is 0.471. The minimum atomic E-state index is 0. The van der Waals surface area contributed by atoms with Gasteiger partial charge in [-0.3, -0.25) is 4.99 Å². The molecule has 0 atom stereocenters. The molecule has 0 spiro atoms. The van der Waals surface area contributed by atoms with Gasteiger partial charge in [-0.2, -0.15) is 4.98 Å². The summed E-state index contributed by atoms with van der Waals surface area (Å²) in [5.74, 6) is 2.21. The van der Waals surface area contributed by atoms with E-state index in [1.807, 2.05) is 32.2 Å². The zero-order valence-electron chi connectivity index (χ0n) is 15.0. The van der Waals surface area contributed by atoms with E-state index in [4.69, 9.17) is 16.1 Å². The summed E-state index contributed by atoms with van der Waals surface area (Å²) in [6, 6.07) is 8.00. The van der Waals surface area contributed by atoms with Gasteiger partial charge in [-0.1, -0.05) is 22.8 Å². The second-order valence-corrected chi connectivity index (χ2v) is 6.35. The van der Waals surface area contributed by atoms with Gasteiger partial charge in [-0.05, 0) is 25.1 Å². The van der Waals surface area contributed by atoms with Crippen LogP contribution in [-0.4, -0.2) is 60.8 Å². The predicted molar refractivity (Wildman–Crippen MR) is 115 cm³/mol. The van der Waals surface area contributed by atoms with Gasteiger partial charge < -0.3 is 19.6 Å². The SMILES string of the molecule is CN=C(NCCc1nc(C)no1)N1CCN(c2cccc(Cl)c2)CC1.I. The van der Waals surface area contributed by atoms with Crippen LogP contribution in [0.15, 0.2) is 33.8 Å². The minimum Gasteiger partial charge on any atom is -0.368 e. The number of anilines is 1. The van der Waals surface area contributed by atoms with Crippen LogP contribution < -0.4 is 10.2 Å². The topological polar surface area (TPSA) is 69.8 Å². The lowest BCUT2D eigenvalue weighted by molar-refractivity contribution is 0.363. The Morgan fingerprint density at radius 2 is 2.08 bits per heavy atom. The van der Waals surface area contributed by atoms with Gasteiger partial charge in [0.05, 0.1) is 0 Å². The number of nitrogens with one attached hydrogen (secondary N) is 1. The molecule has 1 aromatic heterocycles. The monoisotopic (exact) mass is 490 g/mol. The van der Waals surface area contributed by atoms with Gasteiger partial charge in [-0.25, -0.2) is 0 Å². The number of aryl methyl sites for hydroxylation is 1. The largest absolute Gasteiger partial charge is 0.368 e. The zero-order chi connectivity index (χ0) is 17.6. The molecule has 3 rings (SSSR count). The number of guanidine groups is 1. The highest BCUT2D eigenvalue weighted by atomic mass is 127. The van der Waals surface area contributed by atoms with Crippen LogP contribution in [0.5, 0.6) is 0 Å². The number of nitrogens with zero attached hydrogens (tertiary/aromatic N) is 5. The molecular formula is C17H24ClIN6O. The molecule has 1 fully saturated rings. The lowest BCUT2D eigenvalue weighted by Crippen LogP contribution is -2.52.